The Hall–Kier alpha value is -3.92. The molecular formula is C22H20N4O5S. The smallest absolute Gasteiger partial charge is 0.276 e. The van der Waals surface area contributed by atoms with E-state index < -0.39 is 20.7 Å². The van der Waals surface area contributed by atoms with E-state index in [1.54, 1.807) is 25.1 Å². The van der Waals surface area contributed by atoms with E-state index in [0.29, 0.717) is 16.8 Å². The first-order valence-corrected chi connectivity index (χ1v) is 11.3. The number of amides is 1. The van der Waals surface area contributed by atoms with Crippen molar-refractivity contribution in [1.29, 1.82) is 0 Å². The Balaban J connectivity index is 2.15. The molecule has 0 N–H and O–H groups in total. The molecule has 9 nitrogen and oxygen atoms in total. The van der Waals surface area contributed by atoms with E-state index in [2.05, 4.69) is 16.5 Å². The Morgan fingerprint density at radius 1 is 1.22 bits per heavy atom. The standard InChI is InChI=1S/C22H20N4O5S/c1-4-17-10-8-16(12-20(17)26(28)29)14-25(22(27)18-9-7-15(2)24-13-18)19-6-5-11-23-21(19)32(3,30)31/h4-13H,1,14H2,2-3H3. The SMILES string of the molecule is C=Cc1ccc(CN(C(=O)c2ccc(C)nc2)c2cccnc2S(C)(=O)=O)cc1[N+](=O)[O-]. The third-order valence-electron chi connectivity index (χ3n) is 4.65. The molecule has 0 radical (unpaired) electrons. The number of carbonyl (C=O) groups is 1. The van der Waals surface area contributed by atoms with Crippen LogP contribution in [0.4, 0.5) is 11.4 Å². The lowest BCUT2D eigenvalue weighted by molar-refractivity contribution is -0.385. The Bertz CT molecular complexity index is 1300. The Morgan fingerprint density at radius 2 is 1.97 bits per heavy atom. The van der Waals surface area contributed by atoms with E-state index in [1.807, 2.05) is 0 Å². The third kappa shape index (κ3) is 4.86. The molecule has 0 atom stereocenters. The second kappa shape index (κ2) is 9.06. The average molecular weight is 452 g/mol. The molecule has 0 saturated heterocycles. The fourth-order valence-corrected chi connectivity index (χ4v) is 3.90. The fraction of sp³-hybridized carbons (Fsp3) is 0.136. The van der Waals surface area contributed by atoms with Crippen LogP contribution in [-0.2, 0) is 16.4 Å². The summed E-state index contributed by atoms with van der Waals surface area (Å²) in [7, 11) is -3.77. The zero-order chi connectivity index (χ0) is 23.5. The molecule has 0 aliphatic heterocycles. The first-order valence-electron chi connectivity index (χ1n) is 9.41. The molecule has 0 unspecified atom stereocenters. The Morgan fingerprint density at radius 3 is 2.56 bits per heavy atom. The number of benzene rings is 1. The van der Waals surface area contributed by atoms with E-state index in [4.69, 9.17) is 0 Å². The van der Waals surface area contributed by atoms with Gasteiger partial charge in [-0.1, -0.05) is 18.7 Å². The first-order chi connectivity index (χ1) is 15.1. The minimum atomic E-state index is -3.77. The zero-order valence-corrected chi connectivity index (χ0v) is 18.2. The summed E-state index contributed by atoms with van der Waals surface area (Å²) in [5.74, 6) is -0.522. The molecule has 0 spiro atoms. The lowest BCUT2D eigenvalue weighted by Crippen LogP contribution is -2.32. The number of hydrogen-bond donors (Lipinski definition) is 0. The number of pyridine rings is 2. The van der Waals surface area contributed by atoms with Crippen molar-refractivity contribution in [3.05, 3.63) is 93.9 Å². The van der Waals surface area contributed by atoms with Gasteiger partial charge in [-0.3, -0.25) is 19.9 Å². The fourth-order valence-electron chi connectivity index (χ4n) is 3.09. The van der Waals surface area contributed by atoms with Crippen molar-refractivity contribution < 1.29 is 18.1 Å². The number of aromatic nitrogens is 2. The molecule has 10 heteroatoms. The van der Waals surface area contributed by atoms with Crippen molar-refractivity contribution >= 4 is 33.2 Å². The maximum Gasteiger partial charge on any atom is 0.276 e. The number of aryl methyl sites for hydroxylation is 1. The van der Waals surface area contributed by atoms with Crippen LogP contribution in [0.25, 0.3) is 6.08 Å². The highest BCUT2D eigenvalue weighted by molar-refractivity contribution is 7.90. The number of nitrogens with zero attached hydrogens (tertiary/aromatic N) is 4. The molecule has 0 saturated carbocycles. The summed E-state index contributed by atoms with van der Waals surface area (Å²) in [6.07, 6.45) is 5.08. The van der Waals surface area contributed by atoms with Gasteiger partial charge in [0.1, 0.15) is 0 Å². The van der Waals surface area contributed by atoms with Crippen LogP contribution in [-0.4, -0.2) is 35.5 Å². The molecule has 3 aromatic rings. The van der Waals surface area contributed by atoms with Crippen LogP contribution in [0.5, 0.6) is 0 Å². The van der Waals surface area contributed by atoms with Crippen LogP contribution >= 0.6 is 0 Å². The van der Waals surface area contributed by atoms with Crippen molar-refractivity contribution in [1.82, 2.24) is 9.97 Å². The molecular weight excluding hydrogens is 432 g/mol. The van der Waals surface area contributed by atoms with Gasteiger partial charge in [0.25, 0.3) is 11.6 Å². The van der Waals surface area contributed by atoms with Crippen molar-refractivity contribution in [3.8, 4) is 0 Å². The number of hydrogen-bond acceptors (Lipinski definition) is 7. The molecule has 0 bridgehead atoms. The minimum absolute atomic E-state index is 0.0658. The highest BCUT2D eigenvalue weighted by Gasteiger charge is 2.26. The molecule has 164 valence electrons. The molecule has 0 aliphatic rings. The van der Waals surface area contributed by atoms with Crippen molar-refractivity contribution in [2.75, 3.05) is 11.2 Å². The number of carbonyl (C=O) groups excluding carboxylic acids is 1. The van der Waals surface area contributed by atoms with E-state index in [0.717, 1.165) is 6.26 Å². The minimum Gasteiger partial charge on any atom is -0.301 e. The second-order valence-corrected chi connectivity index (χ2v) is 8.96. The quantitative estimate of drug-likeness (QED) is 0.396. The maximum atomic E-state index is 13.4. The normalized spacial score (nSPS) is 11.1. The molecule has 0 fully saturated rings. The van der Waals surface area contributed by atoms with Gasteiger partial charge in [-0.25, -0.2) is 13.4 Å². The lowest BCUT2D eigenvalue weighted by Gasteiger charge is -2.24. The number of anilines is 1. The van der Waals surface area contributed by atoms with Gasteiger partial charge in [0.05, 0.1) is 28.3 Å². The van der Waals surface area contributed by atoms with Crippen LogP contribution in [0.2, 0.25) is 0 Å². The number of nitro benzene ring substituents is 1. The van der Waals surface area contributed by atoms with Crippen molar-refractivity contribution in [2.45, 2.75) is 18.5 Å². The van der Waals surface area contributed by atoms with E-state index >= 15 is 0 Å². The number of rotatable bonds is 7. The highest BCUT2D eigenvalue weighted by Crippen LogP contribution is 2.28. The predicted octanol–water partition coefficient (Wildman–Crippen LogP) is 3.59. The molecule has 2 heterocycles. The number of nitro groups is 1. The molecule has 0 aliphatic carbocycles. The molecule has 1 aromatic carbocycles. The molecule has 32 heavy (non-hydrogen) atoms. The highest BCUT2D eigenvalue weighted by atomic mass is 32.2. The molecule has 2 aromatic heterocycles. The zero-order valence-electron chi connectivity index (χ0n) is 17.4. The first kappa shape index (κ1) is 22.8. The summed E-state index contributed by atoms with van der Waals surface area (Å²) in [6.45, 7) is 5.22. The lowest BCUT2D eigenvalue weighted by atomic mass is 10.1. The van der Waals surface area contributed by atoms with Gasteiger partial charge in [-0.15, -0.1) is 0 Å². The van der Waals surface area contributed by atoms with Gasteiger partial charge >= 0.3 is 0 Å². The van der Waals surface area contributed by atoms with Crippen LogP contribution in [0.1, 0.15) is 27.2 Å². The Kier molecular flexibility index (Phi) is 6.45. The van der Waals surface area contributed by atoms with E-state index in [-0.39, 0.29) is 28.5 Å². The van der Waals surface area contributed by atoms with Gasteiger partial charge < -0.3 is 4.90 Å². The van der Waals surface area contributed by atoms with Crippen LogP contribution in [0.3, 0.4) is 0 Å². The summed E-state index contributed by atoms with van der Waals surface area (Å²) in [5.41, 5.74) is 1.60. The van der Waals surface area contributed by atoms with Crippen molar-refractivity contribution in [2.24, 2.45) is 0 Å². The summed E-state index contributed by atoms with van der Waals surface area (Å²) >= 11 is 0. The van der Waals surface area contributed by atoms with Gasteiger partial charge in [0, 0.05) is 30.4 Å². The average Bonchev–Trinajstić information content (AvgIpc) is 2.76. The van der Waals surface area contributed by atoms with Crippen LogP contribution < -0.4 is 4.90 Å². The van der Waals surface area contributed by atoms with Gasteiger partial charge in [0.15, 0.2) is 14.9 Å². The van der Waals surface area contributed by atoms with Crippen molar-refractivity contribution in [3.63, 3.8) is 0 Å². The van der Waals surface area contributed by atoms with E-state index in [1.165, 1.54) is 47.6 Å². The maximum absolute atomic E-state index is 13.4. The topological polar surface area (TPSA) is 123 Å². The van der Waals surface area contributed by atoms with Crippen LogP contribution in [0.15, 0.2) is 66.5 Å². The molecule has 3 rings (SSSR count). The second-order valence-electron chi connectivity index (χ2n) is 7.03. The summed E-state index contributed by atoms with van der Waals surface area (Å²) in [6, 6.07) is 10.7. The summed E-state index contributed by atoms with van der Waals surface area (Å²) in [5, 5.41) is 11.2. The van der Waals surface area contributed by atoms with Gasteiger partial charge in [-0.05, 0) is 42.8 Å². The number of sulfone groups is 1. The van der Waals surface area contributed by atoms with Crippen LogP contribution in [0, 0.1) is 17.0 Å². The Labute approximate surface area is 185 Å². The summed E-state index contributed by atoms with van der Waals surface area (Å²) in [4.78, 5) is 33.6. The largest absolute Gasteiger partial charge is 0.301 e. The monoisotopic (exact) mass is 452 g/mol. The van der Waals surface area contributed by atoms with Gasteiger partial charge in [0.2, 0.25) is 0 Å². The third-order valence-corrected chi connectivity index (χ3v) is 5.67. The predicted molar refractivity (Wildman–Crippen MR) is 120 cm³/mol. The van der Waals surface area contributed by atoms with Gasteiger partial charge in [-0.2, -0.15) is 0 Å². The molecule has 1 amide bonds. The van der Waals surface area contributed by atoms with E-state index in [9.17, 15) is 23.3 Å². The summed E-state index contributed by atoms with van der Waals surface area (Å²) < 4.78 is 24.7.